The number of hydrogen-bond acceptors (Lipinski definition) is 4. The lowest BCUT2D eigenvalue weighted by atomic mass is 10.3. The molecule has 2 rings (SSSR count). The van der Waals surface area contributed by atoms with Crippen molar-refractivity contribution in [1.82, 2.24) is 0 Å². The summed E-state index contributed by atoms with van der Waals surface area (Å²) in [6, 6.07) is 12.6. The van der Waals surface area contributed by atoms with Gasteiger partial charge in [-0.1, -0.05) is 11.8 Å². The number of aromatic hydroxyl groups is 1. The Balaban J connectivity index is 2.23. The van der Waals surface area contributed by atoms with Crippen LogP contribution in [0.2, 0.25) is 0 Å². The quantitative estimate of drug-likeness (QED) is 0.696. The first-order valence-electron chi connectivity index (χ1n) is 4.77. The molecule has 0 aliphatic rings. The lowest BCUT2D eigenvalue weighted by molar-refractivity contribution is 0.463. The van der Waals surface area contributed by atoms with Crippen LogP contribution in [0.3, 0.4) is 0 Å². The predicted molar refractivity (Wildman–Crippen MR) is 67.5 cm³/mol. The molecule has 0 atom stereocenters. The predicted octanol–water partition coefficient (Wildman–Crippen LogP) is 2.71. The summed E-state index contributed by atoms with van der Waals surface area (Å²) in [6.45, 7) is 0. The molecule has 0 aromatic heterocycles. The van der Waals surface area contributed by atoms with Crippen molar-refractivity contribution in [2.75, 3.05) is 11.5 Å². The third kappa shape index (κ3) is 2.41. The minimum Gasteiger partial charge on any atom is -0.507 e. The Bertz CT molecular complexity index is 497. The second-order valence-electron chi connectivity index (χ2n) is 3.40. The van der Waals surface area contributed by atoms with Crippen molar-refractivity contribution in [3.8, 4) is 5.75 Å². The maximum Gasteiger partial charge on any atom is 0.131 e. The Morgan fingerprint density at radius 1 is 0.875 bits per heavy atom. The zero-order valence-electron chi connectivity index (χ0n) is 8.55. The Hall–Kier alpha value is -1.81. The van der Waals surface area contributed by atoms with Crippen LogP contribution in [-0.4, -0.2) is 5.11 Å². The SMILES string of the molecule is Nc1ccc(Sc2ccc(N)cc2O)cc1. The van der Waals surface area contributed by atoms with Crippen molar-refractivity contribution in [1.29, 1.82) is 0 Å². The maximum absolute atomic E-state index is 9.68. The van der Waals surface area contributed by atoms with E-state index in [0.717, 1.165) is 15.5 Å². The molecule has 5 N–H and O–H groups in total. The number of phenolic OH excluding ortho intramolecular Hbond substituents is 1. The van der Waals surface area contributed by atoms with Gasteiger partial charge in [-0.2, -0.15) is 0 Å². The van der Waals surface area contributed by atoms with Crippen molar-refractivity contribution in [2.45, 2.75) is 9.79 Å². The van der Waals surface area contributed by atoms with Gasteiger partial charge in [0.25, 0.3) is 0 Å². The van der Waals surface area contributed by atoms with E-state index < -0.39 is 0 Å². The van der Waals surface area contributed by atoms with E-state index in [2.05, 4.69) is 0 Å². The van der Waals surface area contributed by atoms with E-state index in [9.17, 15) is 5.11 Å². The van der Waals surface area contributed by atoms with E-state index in [0.29, 0.717) is 5.69 Å². The molecule has 0 heterocycles. The first-order valence-corrected chi connectivity index (χ1v) is 5.59. The summed E-state index contributed by atoms with van der Waals surface area (Å²) in [5, 5.41) is 9.68. The molecule has 2 aromatic carbocycles. The van der Waals surface area contributed by atoms with Gasteiger partial charge >= 0.3 is 0 Å². The molecule has 3 nitrogen and oxygen atoms in total. The van der Waals surface area contributed by atoms with E-state index in [4.69, 9.17) is 11.5 Å². The van der Waals surface area contributed by atoms with E-state index in [1.54, 1.807) is 18.2 Å². The summed E-state index contributed by atoms with van der Waals surface area (Å²) in [4.78, 5) is 1.80. The smallest absolute Gasteiger partial charge is 0.131 e. The minimum absolute atomic E-state index is 0.196. The van der Waals surface area contributed by atoms with Gasteiger partial charge in [-0.25, -0.2) is 0 Å². The molecule has 0 aliphatic carbocycles. The molecule has 0 fully saturated rings. The van der Waals surface area contributed by atoms with E-state index >= 15 is 0 Å². The van der Waals surface area contributed by atoms with Crippen LogP contribution in [0.4, 0.5) is 11.4 Å². The average molecular weight is 232 g/mol. The number of benzene rings is 2. The number of rotatable bonds is 2. The van der Waals surface area contributed by atoms with E-state index in [1.807, 2.05) is 24.3 Å². The standard InChI is InChI=1S/C12H12N2OS/c13-8-1-4-10(5-2-8)16-12-6-3-9(14)7-11(12)15/h1-7,15H,13-14H2. The van der Waals surface area contributed by atoms with Crippen molar-refractivity contribution in [2.24, 2.45) is 0 Å². The Morgan fingerprint density at radius 3 is 2.12 bits per heavy atom. The third-order valence-electron chi connectivity index (χ3n) is 2.09. The number of anilines is 2. The van der Waals surface area contributed by atoms with Gasteiger partial charge in [0.05, 0.1) is 4.90 Å². The summed E-state index contributed by atoms with van der Waals surface area (Å²) >= 11 is 1.47. The highest BCUT2D eigenvalue weighted by atomic mass is 32.2. The zero-order chi connectivity index (χ0) is 11.5. The molecule has 0 saturated carbocycles. The van der Waals surface area contributed by atoms with Crippen molar-refractivity contribution < 1.29 is 5.11 Å². The van der Waals surface area contributed by atoms with Crippen LogP contribution in [0.15, 0.2) is 52.3 Å². The van der Waals surface area contributed by atoms with Crippen LogP contribution in [0, 0.1) is 0 Å². The normalized spacial score (nSPS) is 10.2. The van der Waals surface area contributed by atoms with Gasteiger partial charge in [-0.15, -0.1) is 0 Å². The largest absolute Gasteiger partial charge is 0.507 e. The molecular formula is C12H12N2OS. The van der Waals surface area contributed by atoms with Crippen molar-refractivity contribution >= 4 is 23.1 Å². The highest BCUT2D eigenvalue weighted by Crippen LogP contribution is 2.35. The fourth-order valence-electron chi connectivity index (χ4n) is 1.28. The summed E-state index contributed by atoms with van der Waals surface area (Å²) in [5.41, 5.74) is 12.4. The van der Waals surface area contributed by atoms with Gasteiger partial charge in [0.15, 0.2) is 0 Å². The molecule has 0 radical (unpaired) electrons. The Kier molecular flexibility index (Phi) is 2.92. The summed E-state index contributed by atoms with van der Waals surface area (Å²) in [6.07, 6.45) is 0. The van der Waals surface area contributed by atoms with Crippen molar-refractivity contribution in [3.63, 3.8) is 0 Å². The molecule has 82 valence electrons. The highest BCUT2D eigenvalue weighted by Gasteiger charge is 2.03. The lowest BCUT2D eigenvalue weighted by Crippen LogP contribution is -1.85. The van der Waals surface area contributed by atoms with Gasteiger partial charge in [0.1, 0.15) is 5.75 Å². The zero-order valence-corrected chi connectivity index (χ0v) is 9.37. The Labute approximate surface area is 98.1 Å². The van der Waals surface area contributed by atoms with Crippen LogP contribution in [0.1, 0.15) is 0 Å². The van der Waals surface area contributed by atoms with E-state index in [-0.39, 0.29) is 5.75 Å². The topological polar surface area (TPSA) is 72.3 Å². The molecule has 0 aliphatic heterocycles. The molecule has 4 heteroatoms. The number of hydrogen-bond donors (Lipinski definition) is 3. The molecule has 0 bridgehead atoms. The first-order chi connectivity index (χ1) is 7.65. The molecular weight excluding hydrogens is 220 g/mol. The lowest BCUT2D eigenvalue weighted by Gasteiger charge is -2.05. The van der Waals surface area contributed by atoms with Gasteiger partial charge in [0, 0.05) is 22.3 Å². The average Bonchev–Trinajstić information content (AvgIpc) is 2.25. The van der Waals surface area contributed by atoms with Crippen molar-refractivity contribution in [3.05, 3.63) is 42.5 Å². The maximum atomic E-state index is 9.68. The molecule has 0 amide bonds. The Morgan fingerprint density at radius 2 is 1.50 bits per heavy atom. The number of nitrogen functional groups attached to an aromatic ring is 2. The van der Waals surface area contributed by atoms with Crippen LogP contribution < -0.4 is 11.5 Å². The molecule has 2 aromatic rings. The fourth-order valence-corrected chi connectivity index (χ4v) is 2.11. The monoisotopic (exact) mass is 232 g/mol. The number of nitrogens with two attached hydrogens (primary N) is 2. The van der Waals surface area contributed by atoms with Gasteiger partial charge in [-0.05, 0) is 36.4 Å². The molecule has 0 saturated heterocycles. The van der Waals surface area contributed by atoms with Gasteiger partial charge in [0.2, 0.25) is 0 Å². The summed E-state index contributed by atoms with van der Waals surface area (Å²) < 4.78 is 0. The third-order valence-corrected chi connectivity index (χ3v) is 3.16. The molecule has 0 unspecified atom stereocenters. The van der Waals surface area contributed by atoms with Crippen LogP contribution in [-0.2, 0) is 0 Å². The van der Waals surface area contributed by atoms with Crippen LogP contribution in [0.5, 0.6) is 5.75 Å². The molecule has 16 heavy (non-hydrogen) atoms. The van der Waals surface area contributed by atoms with Crippen LogP contribution in [0.25, 0.3) is 0 Å². The number of phenols is 1. The van der Waals surface area contributed by atoms with Crippen LogP contribution >= 0.6 is 11.8 Å². The van der Waals surface area contributed by atoms with Gasteiger partial charge < -0.3 is 16.6 Å². The molecule has 0 spiro atoms. The second-order valence-corrected chi connectivity index (χ2v) is 4.51. The first kappa shape index (κ1) is 10.7. The van der Waals surface area contributed by atoms with Gasteiger partial charge in [-0.3, -0.25) is 0 Å². The summed E-state index contributed by atoms with van der Waals surface area (Å²) in [5.74, 6) is 0.196. The summed E-state index contributed by atoms with van der Waals surface area (Å²) in [7, 11) is 0. The fraction of sp³-hybridized carbons (Fsp3) is 0. The highest BCUT2D eigenvalue weighted by molar-refractivity contribution is 7.99. The minimum atomic E-state index is 0.196. The second kappa shape index (κ2) is 4.37. The van der Waals surface area contributed by atoms with E-state index in [1.165, 1.54) is 11.8 Å².